The van der Waals surface area contributed by atoms with E-state index < -0.39 is 27.6 Å². The molecule has 0 saturated heterocycles. The average molecular weight is 415 g/mol. The average Bonchev–Trinajstić information content (AvgIpc) is 3.03. The molecule has 0 aliphatic carbocycles. The summed E-state index contributed by atoms with van der Waals surface area (Å²) < 4.78 is 15.2. The Kier molecular flexibility index (Phi) is 5.92. The molecule has 29 heavy (non-hydrogen) atoms. The van der Waals surface area contributed by atoms with E-state index >= 15 is 0 Å². The molecule has 1 aromatic heterocycles. The zero-order chi connectivity index (χ0) is 21.1. The monoisotopic (exact) mass is 415 g/mol. The van der Waals surface area contributed by atoms with Crippen LogP contribution in [0.4, 0.5) is 15.8 Å². The van der Waals surface area contributed by atoms with Gasteiger partial charge in [-0.25, -0.2) is 0 Å². The summed E-state index contributed by atoms with van der Waals surface area (Å²) in [5, 5.41) is 21.8. The number of nitrogens with zero attached hydrogens (tertiary/aromatic N) is 4. The topological polar surface area (TPSA) is 103 Å². The van der Waals surface area contributed by atoms with Crippen LogP contribution >= 0.6 is 11.8 Å². The maximum absolute atomic E-state index is 13.4. The highest BCUT2D eigenvalue weighted by molar-refractivity contribution is 8.00. The molecule has 1 N–H and O–H groups in total. The molecule has 3 rings (SSSR count). The molecule has 0 bridgehead atoms. The lowest BCUT2D eigenvalue weighted by atomic mass is 10.1. The van der Waals surface area contributed by atoms with E-state index in [0.29, 0.717) is 11.0 Å². The number of anilines is 1. The predicted octanol–water partition coefficient (Wildman–Crippen LogP) is 3.96. The van der Waals surface area contributed by atoms with Gasteiger partial charge >= 0.3 is 5.69 Å². The lowest BCUT2D eigenvalue weighted by Gasteiger charge is -2.12. The van der Waals surface area contributed by atoms with Gasteiger partial charge in [0.25, 0.3) is 0 Å². The number of aromatic nitrogens is 3. The number of carbonyl (C=O) groups is 1. The first kappa shape index (κ1) is 20.5. The Morgan fingerprint density at radius 2 is 2.00 bits per heavy atom. The Labute approximate surface area is 170 Å². The standard InChI is InChI=1S/C19H18FN5O3S/c1-11-6-4-5-7-14(11)17-22-23-19(24(17)3)29-12(2)18(26)21-13-8-9-15(20)16(10-13)25(27)28/h4-10,12H,1-3H3,(H,21,26)/t12-/m1/s1. The van der Waals surface area contributed by atoms with Gasteiger partial charge in [0.1, 0.15) is 0 Å². The first-order valence-corrected chi connectivity index (χ1v) is 9.52. The summed E-state index contributed by atoms with van der Waals surface area (Å²) in [4.78, 5) is 22.5. The second-order valence-electron chi connectivity index (χ2n) is 6.35. The highest BCUT2D eigenvalue weighted by Gasteiger charge is 2.21. The number of nitro benzene ring substituents is 1. The lowest BCUT2D eigenvalue weighted by Crippen LogP contribution is -2.23. The molecular weight excluding hydrogens is 397 g/mol. The van der Waals surface area contributed by atoms with Crippen LogP contribution in [-0.2, 0) is 11.8 Å². The zero-order valence-electron chi connectivity index (χ0n) is 15.9. The molecule has 0 radical (unpaired) electrons. The molecule has 0 spiro atoms. The molecule has 0 fully saturated rings. The van der Waals surface area contributed by atoms with Gasteiger partial charge < -0.3 is 9.88 Å². The number of rotatable bonds is 6. The summed E-state index contributed by atoms with van der Waals surface area (Å²) in [5.74, 6) is -0.665. The van der Waals surface area contributed by atoms with E-state index in [1.54, 1.807) is 11.5 Å². The van der Waals surface area contributed by atoms with Crippen molar-refractivity contribution >= 4 is 29.0 Å². The number of nitrogens with one attached hydrogen (secondary N) is 1. The number of benzene rings is 2. The van der Waals surface area contributed by atoms with Crippen LogP contribution in [0.3, 0.4) is 0 Å². The summed E-state index contributed by atoms with van der Waals surface area (Å²) in [7, 11) is 1.82. The van der Waals surface area contributed by atoms with Crippen molar-refractivity contribution in [1.29, 1.82) is 0 Å². The SMILES string of the molecule is Cc1ccccc1-c1nnc(S[C@H](C)C(=O)Nc2ccc(F)c([N+](=O)[O-])c2)n1C. The van der Waals surface area contributed by atoms with E-state index in [1.807, 2.05) is 38.2 Å². The predicted molar refractivity (Wildman–Crippen MR) is 108 cm³/mol. The molecule has 8 nitrogen and oxygen atoms in total. The van der Waals surface area contributed by atoms with Crippen LogP contribution in [0, 0.1) is 22.9 Å². The highest BCUT2D eigenvalue weighted by atomic mass is 32.2. The van der Waals surface area contributed by atoms with Crippen LogP contribution in [0.15, 0.2) is 47.6 Å². The van der Waals surface area contributed by atoms with Gasteiger partial charge in [-0.1, -0.05) is 36.0 Å². The van der Waals surface area contributed by atoms with Crippen molar-refractivity contribution in [2.75, 3.05) is 5.32 Å². The van der Waals surface area contributed by atoms with E-state index in [2.05, 4.69) is 15.5 Å². The summed E-state index contributed by atoms with van der Waals surface area (Å²) in [6.07, 6.45) is 0. The van der Waals surface area contributed by atoms with E-state index in [9.17, 15) is 19.3 Å². The fraction of sp³-hybridized carbons (Fsp3) is 0.211. The second kappa shape index (κ2) is 8.39. The molecule has 150 valence electrons. The minimum absolute atomic E-state index is 0.147. The molecule has 0 aliphatic rings. The number of hydrogen-bond acceptors (Lipinski definition) is 6. The minimum Gasteiger partial charge on any atom is -0.325 e. The van der Waals surface area contributed by atoms with E-state index in [4.69, 9.17) is 0 Å². The normalized spacial score (nSPS) is 11.9. The smallest absolute Gasteiger partial charge is 0.306 e. The highest BCUT2D eigenvalue weighted by Crippen LogP contribution is 2.28. The van der Waals surface area contributed by atoms with Crippen molar-refractivity contribution in [3.05, 3.63) is 64.0 Å². The van der Waals surface area contributed by atoms with Crippen LogP contribution in [-0.4, -0.2) is 30.8 Å². The summed E-state index contributed by atoms with van der Waals surface area (Å²) >= 11 is 1.20. The third-order valence-corrected chi connectivity index (χ3v) is 5.42. The molecule has 1 heterocycles. The fourth-order valence-electron chi connectivity index (χ4n) is 2.66. The van der Waals surface area contributed by atoms with Crippen molar-refractivity contribution in [3.8, 4) is 11.4 Å². The third kappa shape index (κ3) is 4.43. The van der Waals surface area contributed by atoms with Gasteiger partial charge in [0.05, 0.1) is 10.2 Å². The van der Waals surface area contributed by atoms with Gasteiger partial charge in [-0.3, -0.25) is 14.9 Å². The Morgan fingerprint density at radius 3 is 2.69 bits per heavy atom. The number of halogens is 1. The van der Waals surface area contributed by atoms with Crippen molar-refractivity contribution in [3.63, 3.8) is 0 Å². The van der Waals surface area contributed by atoms with Gasteiger partial charge in [-0.05, 0) is 31.5 Å². The van der Waals surface area contributed by atoms with E-state index in [1.165, 1.54) is 17.8 Å². The van der Waals surface area contributed by atoms with Gasteiger partial charge in [0, 0.05) is 24.4 Å². The van der Waals surface area contributed by atoms with E-state index in [0.717, 1.165) is 23.3 Å². The number of nitro groups is 1. The summed E-state index contributed by atoms with van der Waals surface area (Å²) in [5.41, 5.74) is 1.46. The number of hydrogen-bond donors (Lipinski definition) is 1. The first-order chi connectivity index (χ1) is 13.8. The molecule has 3 aromatic rings. The number of carbonyl (C=O) groups excluding carboxylic acids is 1. The molecular formula is C19H18FN5O3S. The van der Waals surface area contributed by atoms with Crippen LogP contribution < -0.4 is 5.32 Å². The van der Waals surface area contributed by atoms with Crippen LogP contribution in [0.25, 0.3) is 11.4 Å². The maximum atomic E-state index is 13.4. The molecule has 0 saturated carbocycles. The Hall–Kier alpha value is -3.27. The minimum atomic E-state index is -0.960. The van der Waals surface area contributed by atoms with E-state index in [-0.39, 0.29) is 5.69 Å². The van der Waals surface area contributed by atoms with Crippen molar-refractivity contribution in [2.45, 2.75) is 24.3 Å². The largest absolute Gasteiger partial charge is 0.325 e. The van der Waals surface area contributed by atoms with Gasteiger partial charge in [-0.15, -0.1) is 10.2 Å². The van der Waals surface area contributed by atoms with Gasteiger partial charge in [0.2, 0.25) is 11.7 Å². The first-order valence-electron chi connectivity index (χ1n) is 8.64. The van der Waals surface area contributed by atoms with Crippen LogP contribution in [0.5, 0.6) is 0 Å². The Bertz CT molecular complexity index is 1090. The molecule has 2 aromatic carbocycles. The Morgan fingerprint density at radius 1 is 1.28 bits per heavy atom. The van der Waals surface area contributed by atoms with Crippen LogP contribution in [0.2, 0.25) is 0 Å². The van der Waals surface area contributed by atoms with Crippen molar-refractivity contribution in [2.24, 2.45) is 7.05 Å². The van der Waals surface area contributed by atoms with Crippen LogP contribution in [0.1, 0.15) is 12.5 Å². The molecule has 0 aliphatic heterocycles. The number of amides is 1. The quantitative estimate of drug-likeness (QED) is 0.371. The van der Waals surface area contributed by atoms with Crippen molar-refractivity contribution in [1.82, 2.24) is 14.8 Å². The van der Waals surface area contributed by atoms with Gasteiger partial charge in [-0.2, -0.15) is 4.39 Å². The summed E-state index contributed by atoms with van der Waals surface area (Å²) in [6, 6.07) is 11.0. The third-order valence-electron chi connectivity index (χ3n) is 4.28. The Balaban J connectivity index is 1.73. The number of aryl methyl sites for hydroxylation is 1. The molecule has 10 heteroatoms. The second-order valence-corrected chi connectivity index (χ2v) is 7.66. The lowest BCUT2D eigenvalue weighted by molar-refractivity contribution is -0.387. The molecule has 1 amide bonds. The molecule has 1 atom stereocenters. The van der Waals surface area contributed by atoms with Gasteiger partial charge in [0.15, 0.2) is 11.0 Å². The molecule has 0 unspecified atom stereocenters. The fourth-order valence-corrected chi connectivity index (χ4v) is 3.48. The number of thioether (sulfide) groups is 1. The summed E-state index contributed by atoms with van der Waals surface area (Å²) in [6.45, 7) is 3.66. The zero-order valence-corrected chi connectivity index (χ0v) is 16.7. The maximum Gasteiger partial charge on any atom is 0.306 e. The van der Waals surface area contributed by atoms with Crippen molar-refractivity contribution < 1.29 is 14.1 Å².